The van der Waals surface area contributed by atoms with Gasteiger partial charge in [-0.25, -0.2) is 4.98 Å². The van der Waals surface area contributed by atoms with Crippen LogP contribution in [0, 0.1) is 0 Å². The lowest BCUT2D eigenvalue weighted by molar-refractivity contribution is -0.115. The minimum absolute atomic E-state index is 0.147. The van der Waals surface area contributed by atoms with Crippen LogP contribution in [0.15, 0.2) is 65.1 Å². The molecule has 4 aromatic rings. The minimum atomic E-state index is -0.382. The topological polar surface area (TPSA) is 81.9 Å². The number of carbonyl (C=O) groups excluding carboxylic acids is 1. The summed E-state index contributed by atoms with van der Waals surface area (Å²) in [6, 6.07) is 17.0. The molecule has 0 aliphatic rings. The van der Waals surface area contributed by atoms with Gasteiger partial charge < -0.3 is 14.6 Å². The van der Waals surface area contributed by atoms with Crippen molar-refractivity contribution in [3.63, 3.8) is 0 Å². The van der Waals surface area contributed by atoms with Gasteiger partial charge in [0.1, 0.15) is 12.4 Å². The number of thioether (sulfide) groups is 1. The van der Waals surface area contributed by atoms with E-state index in [2.05, 4.69) is 20.5 Å². The zero-order valence-corrected chi connectivity index (χ0v) is 19.7. The van der Waals surface area contributed by atoms with Gasteiger partial charge in [-0.3, -0.25) is 4.79 Å². The summed E-state index contributed by atoms with van der Waals surface area (Å²) in [4.78, 5) is 17.2. The van der Waals surface area contributed by atoms with Gasteiger partial charge in [0, 0.05) is 23.0 Å². The van der Waals surface area contributed by atoms with Crippen LogP contribution < -0.4 is 10.1 Å². The number of benzene rings is 2. The van der Waals surface area contributed by atoms with Crippen LogP contribution in [0.3, 0.4) is 0 Å². The van der Waals surface area contributed by atoms with Crippen molar-refractivity contribution in [2.24, 2.45) is 7.05 Å². The Bertz CT molecular complexity index is 1190. The molecule has 0 bridgehead atoms. The molecule has 0 unspecified atom stereocenters. The summed E-state index contributed by atoms with van der Waals surface area (Å²) in [5.41, 5.74) is 1.85. The zero-order chi connectivity index (χ0) is 22.5. The second-order valence-electron chi connectivity index (χ2n) is 6.85. The van der Waals surface area contributed by atoms with Crippen LogP contribution in [0.2, 0.25) is 5.02 Å². The van der Waals surface area contributed by atoms with Crippen LogP contribution in [-0.4, -0.2) is 30.9 Å². The van der Waals surface area contributed by atoms with Crippen molar-refractivity contribution in [2.45, 2.75) is 23.9 Å². The lowest BCUT2D eigenvalue weighted by atomic mass is 10.2. The number of nitrogens with zero attached hydrogens (tertiary/aromatic N) is 4. The molecule has 1 N–H and O–H groups in total. The first kappa shape index (κ1) is 22.3. The Morgan fingerprint density at radius 1 is 1.19 bits per heavy atom. The second-order valence-corrected chi connectivity index (χ2v) is 9.46. The summed E-state index contributed by atoms with van der Waals surface area (Å²) in [5, 5.41) is 14.7. The quantitative estimate of drug-likeness (QED) is 0.341. The van der Waals surface area contributed by atoms with Crippen LogP contribution in [0.5, 0.6) is 5.75 Å². The van der Waals surface area contributed by atoms with E-state index in [1.165, 1.54) is 23.1 Å². The van der Waals surface area contributed by atoms with E-state index in [9.17, 15) is 4.79 Å². The van der Waals surface area contributed by atoms with E-state index in [4.69, 9.17) is 16.3 Å². The van der Waals surface area contributed by atoms with Gasteiger partial charge in [-0.15, -0.1) is 21.5 Å². The van der Waals surface area contributed by atoms with E-state index >= 15 is 0 Å². The molecule has 0 fully saturated rings. The van der Waals surface area contributed by atoms with Crippen LogP contribution >= 0.6 is 34.7 Å². The van der Waals surface area contributed by atoms with Gasteiger partial charge in [0.25, 0.3) is 0 Å². The smallest absolute Gasteiger partial charge is 0.239 e. The summed E-state index contributed by atoms with van der Waals surface area (Å²) in [7, 11) is 1.85. The summed E-state index contributed by atoms with van der Waals surface area (Å²) in [5.74, 6) is 1.20. The Labute approximate surface area is 198 Å². The third kappa shape index (κ3) is 5.48. The van der Waals surface area contributed by atoms with E-state index in [0.29, 0.717) is 26.9 Å². The second kappa shape index (κ2) is 10.2. The highest BCUT2D eigenvalue weighted by atomic mass is 35.5. The SMILES string of the molecule is C[C@@H](Sc1nnc(COc2ccc(Cl)cc2)n1C)C(=O)Nc1nc(-c2ccccc2)cs1. The number of halogens is 1. The number of thiazole rings is 1. The van der Waals surface area contributed by atoms with Crippen LogP contribution in [0.1, 0.15) is 12.7 Å². The maximum atomic E-state index is 12.7. The van der Waals surface area contributed by atoms with Gasteiger partial charge in [-0.2, -0.15) is 0 Å². The molecule has 7 nitrogen and oxygen atoms in total. The fraction of sp³-hybridized carbons (Fsp3) is 0.182. The van der Waals surface area contributed by atoms with Gasteiger partial charge in [0.2, 0.25) is 5.91 Å². The third-order valence-corrected chi connectivity index (χ3v) is 6.71. The molecule has 10 heteroatoms. The van der Waals surface area contributed by atoms with Gasteiger partial charge >= 0.3 is 0 Å². The summed E-state index contributed by atoms with van der Waals surface area (Å²) in [6.45, 7) is 2.08. The molecule has 0 radical (unpaired) electrons. The van der Waals surface area contributed by atoms with Gasteiger partial charge in [-0.1, -0.05) is 53.7 Å². The van der Waals surface area contributed by atoms with Crippen LogP contribution in [-0.2, 0) is 18.4 Å². The molecule has 0 spiro atoms. The summed E-state index contributed by atoms with van der Waals surface area (Å²) in [6.07, 6.45) is 0. The van der Waals surface area contributed by atoms with Crippen molar-refractivity contribution in [1.82, 2.24) is 19.7 Å². The average molecular weight is 486 g/mol. The van der Waals surface area contributed by atoms with E-state index < -0.39 is 0 Å². The van der Waals surface area contributed by atoms with Crippen molar-refractivity contribution >= 4 is 45.7 Å². The molecule has 0 saturated carbocycles. The molecule has 2 heterocycles. The highest BCUT2D eigenvalue weighted by molar-refractivity contribution is 8.00. The molecular formula is C22H20ClN5O2S2. The van der Waals surface area contributed by atoms with Gasteiger partial charge in [0.05, 0.1) is 10.9 Å². The van der Waals surface area contributed by atoms with E-state index in [0.717, 1.165) is 11.3 Å². The molecule has 1 amide bonds. The van der Waals surface area contributed by atoms with E-state index in [1.54, 1.807) is 24.3 Å². The first-order valence-corrected chi connectivity index (χ1v) is 11.9. The number of hydrogen-bond acceptors (Lipinski definition) is 7. The zero-order valence-electron chi connectivity index (χ0n) is 17.4. The number of amides is 1. The van der Waals surface area contributed by atoms with E-state index in [1.807, 2.05) is 54.3 Å². The third-order valence-electron chi connectivity index (χ3n) is 4.56. The van der Waals surface area contributed by atoms with Crippen molar-refractivity contribution in [1.29, 1.82) is 0 Å². The molecule has 2 aromatic heterocycles. The standard InChI is InChI=1S/C22H20ClN5O2S2/c1-14(20(29)25-21-24-18(13-31-21)15-6-4-3-5-7-15)32-22-27-26-19(28(22)2)12-30-17-10-8-16(23)9-11-17/h3-11,13-14H,12H2,1-2H3,(H,24,25,29)/t14-/m1/s1. The lowest BCUT2D eigenvalue weighted by Gasteiger charge is -2.10. The molecule has 4 rings (SSSR count). The fourth-order valence-electron chi connectivity index (χ4n) is 2.74. The normalized spacial score (nSPS) is 11.8. The average Bonchev–Trinajstić information content (AvgIpc) is 3.41. The number of rotatable bonds is 8. The van der Waals surface area contributed by atoms with Gasteiger partial charge in [-0.05, 0) is 31.2 Å². The number of hydrogen-bond donors (Lipinski definition) is 1. The van der Waals surface area contributed by atoms with Crippen LogP contribution in [0.4, 0.5) is 5.13 Å². The number of carbonyl (C=O) groups is 1. The Morgan fingerprint density at radius 2 is 1.94 bits per heavy atom. The van der Waals surface area contributed by atoms with Crippen molar-refractivity contribution in [3.05, 3.63) is 70.8 Å². The van der Waals surface area contributed by atoms with Crippen molar-refractivity contribution in [2.75, 3.05) is 5.32 Å². The number of aromatic nitrogens is 4. The number of anilines is 1. The molecule has 164 valence electrons. The monoisotopic (exact) mass is 485 g/mol. The van der Waals surface area contributed by atoms with Crippen LogP contribution in [0.25, 0.3) is 11.3 Å². The summed E-state index contributed by atoms with van der Waals surface area (Å²) >= 11 is 8.62. The molecular weight excluding hydrogens is 466 g/mol. The molecule has 32 heavy (non-hydrogen) atoms. The Balaban J connectivity index is 1.33. The Kier molecular flexibility index (Phi) is 7.09. The molecule has 1 atom stereocenters. The maximum Gasteiger partial charge on any atom is 0.239 e. The minimum Gasteiger partial charge on any atom is -0.486 e. The van der Waals surface area contributed by atoms with Gasteiger partial charge in [0.15, 0.2) is 16.1 Å². The summed E-state index contributed by atoms with van der Waals surface area (Å²) < 4.78 is 7.55. The highest BCUT2D eigenvalue weighted by Crippen LogP contribution is 2.27. The maximum absolute atomic E-state index is 12.7. The molecule has 0 saturated heterocycles. The number of ether oxygens (including phenoxy) is 1. The lowest BCUT2D eigenvalue weighted by Crippen LogP contribution is -2.22. The predicted molar refractivity (Wildman–Crippen MR) is 128 cm³/mol. The molecule has 0 aliphatic carbocycles. The van der Waals surface area contributed by atoms with Crippen molar-refractivity contribution < 1.29 is 9.53 Å². The Morgan fingerprint density at radius 3 is 2.69 bits per heavy atom. The number of nitrogens with one attached hydrogen (secondary N) is 1. The first-order chi connectivity index (χ1) is 15.5. The Hall–Kier alpha value is -2.88. The highest BCUT2D eigenvalue weighted by Gasteiger charge is 2.20. The predicted octanol–water partition coefficient (Wildman–Crippen LogP) is 5.29. The molecule has 0 aliphatic heterocycles. The largest absolute Gasteiger partial charge is 0.486 e. The first-order valence-electron chi connectivity index (χ1n) is 9.74. The van der Waals surface area contributed by atoms with E-state index in [-0.39, 0.29) is 17.8 Å². The molecule has 2 aromatic carbocycles. The van der Waals surface area contributed by atoms with Crippen molar-refractivity contribution in [3.8, 4) is 17.0 Å². The fourth-order valence-corrected chi connectivity index (χ4v) is 4.43.